The van der Waals surface area contributed by atoms with Gasteiger partial charge >= 0.3 is 0 Å². The van der Waals surface area contributed by atoms with Gasteiger partial charge in [-0.05, 0) is 47.7 Å². The second-order valence-corrected chi connectivity index (χ2v) is 4.29. The van der Waals surface area contributed by atoms with Crippen molar-refractivity contribution in [1.29, 1.82) is 0 Å². The maximum Gasteiger partial charge on any atom is 0.274 e. The van der Waals surface area contributed by atoms with E-state index in [2.05, 4.69) is 33.1 Å². The van der Waals surface area contributed by atoms with Crippen molar-refractivity contribution in [3.05, 3.63) is 45.3 Å². The number of amides is 1. The molecule has 0 spiro atoms. The van der Waals surface area contributed by atoms with Crippen molar-refractivity contribution in [2.75, 3.05) is 0 Å². The smallest absolute Gasteiger partial charge is 0.274 e. The van der Waals surface area contributed by atoms with E-state index in [9.17, 15) is 4.79 Å². The molecule has 88 valence electrons. The standard InChI is InChI=1S/C11H9IN2O3/c1-7-9(4-5-16-7)11(15)14-13-6-8-2-3-10(12)17-8/h2-6H,1H3,(H,14,15). The van der Waals surface area contributed by atoms with Gasteiger partial charge in [0.05, 0.1) is 18.0 Å². The molecule has 1 amide bonds. The number of nitrogens with one attached hydrogen (secondary N) is 1. The monoisotopic (exact) mass is 344 g/mol. The van der Waals surface area contributed by atoms with E-state index in [1.54, 1.807) is 19.1 Å². The largest absolute Gasteiger partial charge is 0.469 e. The highest BCUT2D eigenvalue weighted by molar-refractivity contribution is 14.1. The first kappa shape index (κ1) is 11.9. The van der Waals surface area contributed by atoms with Crippen molar-refractivity contribution in [2.24, 2.45) is 5.10 Å². The molecule has 0 atom stereocenters. The summed E-state index contributed by atoms with van der Waals surface area (Å²) in [4.78, 5) is 11.6. The molecule has 0 aliphatic carbocycles. The number of aryl methyl sites for hydroxylation is 1. The van der Waals surface area contributed by atoms with Gasteiger partial charge in [-0.15, -0.1) is 0 Å². The van der Waals surface area contributed by atoms with E-state index in [0.717, 1.165) is 3.77 Å². The molecule has 0 saturated heterocycles. The predicted octanol–water partition coefficient (Wildman–Crippen LogP) is 2.55. The van der Waals surface area contributed by atoms with Gasteiger partial charge in [-0.3, -0.25) is 4.79 Å². The zero-order valence-electron chi connectivity index (χ0n) is 8.94. The topological polar surface area (TPSA) is 67.7 Å². The van der Waals surface area contributed by atoms with Crippen LogP contribution in [0.25, 0.3) is 0 Å². The normalized spacial score (nSPS) is 10.9. The Bertz CT molecular complexity index is 557. The van der Waals surface area contributed by atoms with Crippen LogP contribution in [-0.2, 0) is 0 Å². The molecule has 0 aliphatic heterocycles. The highest BCUT2D eigenvalue weighted by Crippen LogP contribution is 2.09. The van der Waals surface area contributed by atoms with Crippen LogP contribution in [0, 0.1) is 10.7 Å². The molecule has 0 unspecified atom stereocenters. The molecule has 0 saturated carbocycles. The molecule has 6 heteroatoms. The van der Waals surface area contributed by atoms with Crippen LogP contribution in [-0.4, -0.2) is 12.1 Å². The van der Waals surface area contributed by atoms with E-state index in [1.165, 1.54) is 12.5 Å². The molecular weight excluding hydrogens is 335 g/mol. The minimum atomic E-state index is -0.311. The fourth-order valence-corrected chi connectivity index (χ4v) is 1.67. The van der Waals surface area contributed by atoms with Gasteiger partial charge in [-0.25, -0.2) is 5.43 Å². The summed E-state index contributed by atoms with van der Waals surface area (Å²) in [5.74, 6) is 0.831. The Morgan fingerprint density at radius 1 is 1.47 bits per heavy atom. The van der Waals surface area contributed by atoms with Gasteiger partial charge in [-0.1, -0.05) is 0 Å². The summed E-state index contributed by atoms with van der Waals surface area (Å²) < 4.78 is 11.0. The second kappa shape index (κ2) is 5.17. The minimum absolute atomic E-state index is 0.311. The number of furan rings is 2. The van der Waals surface area contributed by atoms with Crippen molar-refractivity contribution in [1.82, 2.24) is 5.43 Å². The Kier molecular flexibility index (Phi) is 3.62. The third kappa shape index (κ3) is 2.96. The summed E-state index contributed by atoms with van der Waals surface area (Å²) in [5, 5.41) is 3.79. The van der Waals surface area contributed by atoms with Gasteiger partial charge in [0.2, 0.25) is 0 Å². The maximum absolute atomic E-state index is 11.6. The van der Waals surface area contributed by atoms with Gasteiger partial charge in [0.25, 0.3) is 5.91 Å². The highest BCUT2D eigenvalue weighted by Gasteiger charge is 2.09. The number of hydrogen-bond donors (Lipinski definition) is 1. The lowest BCUT2D eigenvalue weighted by Crippen LogP contribution is -2.17. The summed E-state index contributed by atoms with van der Waals surface area (Å²) >= 11 is 2.05. The summed E-state index contributed by atoms with van der Waals surface area (Å²) in [6, 6.07) is 5.17. The zero-order chi connectivity index (χ0) is 12.3. The first-order valence-corrected chi connectivity index (χ1v) is 5.87. The molecule has 17 heavy (non-hydrogen) atoms. The van der Waals surface area contributed by atoms with Crippen molar-refractivity contribution >= 4 is 34.7 Å². The number of hydrazone groups is 1. The molecule has 0 radical (unpaired) electrons. The van der Waals surface area contributed by atoms with Crippen LogP contribution in [0.15, 0.2) is 38.4 Å². The summed E-state index contributed by atoms with van der Waals surface area (Å²) in [6.45, 7) is 1.72. The van der Waals surface area contributed by atoms with Crippen molar-refractivity contribution < 1.29 is 13.6 Å². The summed E-state index contributed by atoms with van der Waals surface area (Å²) in [7, 11) is 0. The van der Waals surface area contributed by atoms with E-state index in [1.807, 2.05) is 6.07 Å². The lowest BCUT2D eigenvalue weighted by atomic mass is 10.2. The Labute approximate surface area is 111 Å². The van der Waals surface area contributed by atoms with E-state index in [0.29, 0.717) is 17.1 Å². The fourth-order valence-electron chi connectivity index (χ4n) is 1.23. The van der Waals surface area contributed by atoms with Crippen LogP contribution < -0.4 is 5.43 Å². The fraction of sp³-hybridized carbons (Fsp3) is 0.0909. The predicted molar refractivity (Wildman–Crippen MR) is 69.9 cm³/mol. The second-order valence-electron chi connectivity index (χ2n) is 3.23. The average Bonchev–Trinajstić information content (AvgIpc) is 2.87. The van der Waals surface area contributed by atoms with Gasteiger partial charge in [0, 0.05) is 0 Å². The van der Waals surface area contributed by atoms with Gasteiger partial charge in [-0.2, -0.15) is 5.10 Å². The number of nitrogens with zero attached hydrogens (tertiary/aromatic N) is 1. The Hall–Kier alpha value is -1.57. The van der Waals surface area contributed by atoms with Crippen molar-refractivity contribution in [3.63, 3.8) is 0 Å². The SMILES string of the molecule is Cc1occc1C(=O)NN=Cc1ccc(I)o1. The van der Waals surface area contributed by atoms with E-state index < -0.39 is 0 Å². The van der Waals surface area contributed by atoms with Crippen LogP contribution in [0.3, 0.4) is 0 Å². The molecule has 0 bridgehead atoms. The first-order chi connectivity index (χ1) is 8.16. The van der Waals surface area contributed by atoms with Crippen LogP contribution in [0.1, 0.15) is 21.9 Å². The van der Waals surface area contributed by atoms with Crippen LogP contribution in [0.2, 0.25) is 0 Å². The molecule has 0 aromatic carbocycles. The Morgan fingerprint density at radius 2 is 2.29 bits per heavy atom. The van der Waals surface area contributed by atoms with Crippen LogP contribution in [0.5, 0.6) is 0 Å². The molecule has 0 fully saturated rings. The third-order valence-electron chi connectivity index (χ3n) is 2.06. The van der Waals surface area contributed by atoms with Gasteiger partial charge in [0.1, 0.15) is 11.5 Å². The quantitative estimate of drug-likeness (QED) is 0.529. The molecule has 2 heterocycles. The zero-order valence-corrected chi connectivity index (χ0v) is 11.1. The molecule has 2 aromatic heterocycles. The van der Waals surface area contributed by atoms with E-state index in [4.69, 9.17) is 8.83 Å². The molecule has 2 aromatic rings. The lowest BCUT2D eigenvalue weighted by Gasteiger charge is -1.96. The van der Waals surface area contributed by atoms with E-state index >= 15 is 0 Å². The van der Waals surface area contributed by atoms with Crippen LogP contribution in [0.4, 0.5) is 0 Å². The number of carbonyl (C=O) groups is 1. The van der Waals surface area contributed by atoms with Crippen LogP contribution >= 0.6 is 22.6 Å². The molecule has 5 nitrogen and oxygen atoms in total. The van der Waals surface area contributed by atoms with Gasteiger partial charge in [0.15, 0.2) is 3.77 Å². The average molecular weight is 344 g/mol. The maximum atomic E-state index is 11.6. The van der Waals surface area contributed by atoms with Gasteiger partial charge < -0.3 is 8.83 Å². The Morgan fingerprint density at radius 3 is 2.88 bits per heavy atom. The number of carbonyl (C=O) groups excluding carboxylic acids is 1. The van der Waals surface area contributed by atoms with Crippen molar-refractivity contribution in [2.45, 2.75) is 6.92 Å². The number of hydrogen-bond acceptors (Lipinski definition) is 4. The summed E-state index contributed by atoms with van der Waals surface area (Å²) in [5.41, 5.74) is 2.86. The number of rotatable bonds is 3. The molecular formula is C11H9IN2O3. The third-order valence-corrected chi connectivity index (χ3v) is 2.64. The highest BCUT2D eigenvalue weighted by atomic mass is 127. The number of halogens is 1. The Balaban J connectivity index is 1.97. The molecule has 2 rings (SSSR count). The summed E-state index contributed by atoms with van der Waals surface area (Å²) in [6.07, 6.45) is 2.90. The molecule has 0 aliphatic rings. The van der Waals surface area contributed by atoms with Crippen molar-refractivity contribution in [3.8, 4) is 0 Å². The molecule has 1 N–H and O–H groups in total. The van der Waals surface area contributed by atoms with E-state index in [-0.39, 0.29) is 5.91 Å². The minimum Gasteiger partial charge on any atom is -0.469 e. The lowest BCUT2D eigenvalue weighted by molar-refractivity contribution is 0.0953. The first-order valence-electron chi connectivity index (χ1n) is 4.79.